The first-order valence-corrected chi connectivity index (χ1v) is 13.9. The Balaban J connectivity index is 1.56. The van der Waals surface area contributed by atoms with Crippen LogP contribution in [0.5, 0.6) is 5.75 Å². The molecule has 0 radical (unpaired) electrons. The summed E-state index contributed by atoms with van der Waals surface area (Å²) in [5.41, 5.74) is 4.92. The number of amides is 1. The Morgan fingerprint density at radius 2 is 1.66 bits per heavy atom. The maximum Gasteiger partial charge on any atom is 0.338 e. The minimum Gasteiger partial charge on any atom is -0.497 e. The van der Waals surface area contributed by atoms with Crippen LogP contribution in [0.15, 0.2) is 93.9 Å². The minimum atomic E-state index is -0.783. The predicted octanol–water partition coefficient (Wildman–Crippen LogP) is 3.64. The molecule has 9 heteroatoms. The first kappa shape index (κ1) is 26.5. The monoisotopic (exact) mass is 565 g/mol. The minimum absolute atomic E-state index is 0.248. The van der Waals surface area contributed by atoms with Gasteiger partial charge in [0.1, 0.15) is 10.3 Å². The Labute approximate surface area is 240 Å². The van der Waals surface area contributed by atoms with E-state index >= 15 is 0 Å². The van der Waals surface area contributed by atoms with Crippen molar-refractivity contribution in [2.45, 2.75) is 26.4 Å². The molecule has 0 saturated heterocycles. The second-order valence-corrected chi connectivity index (χ2v) is 10.9. The summed E-state index contributed by atoms with van der Waals surface area (Å²) in [4.78, 5) is 48.0. The highest BCUT2D eigenvalue weighted by Crippen LogP contribution is 2.37. The van der Waals surface area contributed by atoms with Crippen molar-refractivity contribution < 1.29 is 19.1 Å². The van der Waals surface area contributed by atoms with Crippen LogP contribution in [-0.4, -0.2) is 30.7 Å². The van der Waals surface area contributed by atoms with Gasteiger partial charge in [-0.3, -0.25) is 14.2 Å². The highest BCUT2D eigenvalue weighted by atomic mass is 32.1. The molecule has 1 atom stereocenters. The molecule has 8 nitrogen and oxygen atoms in total. The van der Waals surface area contributed by atoms with Crippen LogP contribution in [0, 0.1) is 6.92 Å². The van der Waals surface area contributed by atoms with Gasteiger partial charge in [0.2, 0.25) is 0 Å². The van der Waals surface area contributed by atoms with Crippen molar-refractivity contribution in [1.82, 2.24) is 4.57 Å². The number of carbonyl (C=O) groups is 2. The molecule has 41 heavy (non-hydrogen) atoms. The number of thiazole rings is 1. The van der Waals surface area contributed by atoms with Crippen molar-refractivity contribution in [3.63, 3.8) is 0 Å². The largest absolute Gasteiger partial charge is 0.497 e. The lowest BCUT2D eigenvalue weighted by molar-refractivity contribution is -0.136. The van der Waals surface area contributed by atoms with Gasteiger partial charge < -0.3 is 14.4 Å². The van der Waals surface area contributed by atoms with Gasteiger partial charge in [-0.2, -0.15) is 0 Å². The van der Waals surface area contributed by atoms with Crippen LogP contribution in [0.4, 0.5) is 5.69 Å². The number of aromatic nitrogens is 1. The highest BCUT2D eigenvalue weighted by Gasteiger charge is 2.37. The third kappa shape index (κ3) is 4.38. The molecule has 3 heterocycles. The number of carbonyl (C=O) groups excluding carboxylic acids is 2. The van der Waals surface area contributed by atoms with Gasteiger partial charge in [0.05, 0.1) is 49.3 Å². The fourth-order valence-corrected chi connectivity index (χ4v) is 6.51. The molecular formula is C32H27N3O5S. The van der Waals surface area contributed by atoms with E-state index < -0.39 is 12.0 Å². The Bertz CT molecular complexity index is 1920. The molecule has 0 aliphatic carbocycles. The summed E-state index contributed by atoms with van der Waals surface area (Å²) in [6.45, 7) is 4.12. The van der Waals surface area contributed by atoms with Gasteiger partial charge in [-0.1, -0.05) is 71.5 Å². The number of nitrogens with zero attached hydrogens (tertiary/aromatic N) is 3. The van der Waals surface area contributed by atoms with Crippen molar-refractivity contribution in [3.05, 3.63) is 126 Å². The quantitative estimate of drug-likeness (QED) is 0.345. The number of fused-ring (bicyclic) bond motifs is 2. The van der Waals surface area contributed by atoms with E-state index in [-0.39, 0.29) is 21.6 Å². The van der Waals surface area contributed by atoms with Gasteiger partial charge >= 0.3 is 5.97 Å². The van der Waals surface area contributed by atoms with Gasteiger partial charge in [0.25, 0.3) is 11.5 Å². The van der Waals surface area contributed by atoms with Crippen molar-refractivity contribution >= 4 is 34.5 Å². The number of hydrogen-bond acceptors (Lipinski definition) is 7. The van der Waals surface area contributed by atoms with Crippen LogP contribution < -0.4 is 24.5 Å². The molecule has 6 rings (SSSR count). The zero-order valence-electron chi connectivity index (χ0n) is 23.0. The first-order valence-electron chi connectivity index (χ1n) is 13.1. The Morgan fingerprint density at radius 1 is 0.951 bits per heavy atom. The Kier molecular flexibility index (Phi) is 6.67. The molecule has 2 aliphatic heterocycles. The SMILES string of the molecule is COC(=O)C1=C(C)N=c2s/c(=C3\C(=O)N(Cc4ccc(C)cc4)c4ccccc43)c(=O)n2[C@@H]1c1ccc(OC)cc1. The number of rotatable bonds is 5. The van der Waals surface area contributed by atoms with E-state index in [4.69, 9.17) is 9.47 Å². The molecule has 0 spiro atoms. The molecule has 4 aromatic rings. The second-order valence-electron chi connectivity index (χ2n) is 9.94. The van der Waals surface area contributed by atoms with Gasteiger partial charge in [0.15, 0.2) is 4.80 Å². The third-order valence-corrected chi connectivity index (χ3v) is 8.50. The maximum atomic E-state index is 14.3. The summed E-state index contributed by atoms with van der Waals surface area (Å²) in [6, 6.07) is 21.9. The number of anilines is 1. The van der Waals surface area contributed by atoms with Crippen molar-refractivity contribution in [3.8, 4) is 5.75 Å². The average molecular weight is 566 g/mol. The van der Waals surface area contributed by atoms with E-state index in [2.05, 4.69) is 4.99 Å². The molecule has 0 saturated carbocycles. The van der Waals surface area contributed by atoms with E-state index in [9.17, 15) is 14.4 Å². The van der Waals surface area contributed by atoms with Crippen LogP contribution in [0.25, 0.3) is 5.57 Å². The maximum absolute atomic E-state index is 14.3. The molecule has 206 valence electrons. The molecule has 0 fully saturated rings. The predicted molar refractivity (Wildman–Crippen MR) is 157 cm³/mol. The van der Waals surface area contributed by atoms with Crippen LogP contribution >= 0.6 is 11.3 Å². The lowest BCUT2D eigenvalue weighted by atomic mass is 9.96. The molecule has 0 unspecified atom stereocenters. The summed E-state index contributed by atoms with van der Waals surface area (Å²) in [5.74, 6) is -0.177. The Morgan fingerprint density at radius 3 is 2.34 bits per heavy atom. The summed E-state index contributed by atoms with van der Waals surface area (Å²) in [5, 5.41) is 0. The van der Waals surface area contributed by atoms with Crippen LogP contribution in [0.1, 0.15) is 35.2 Å². The zero-order chi connectivity index (χ0) is 28.8. The fraction of sp³-hybridized carbons (Fsp3) is 0.188. The number of para-hydroxylation sites is 1. The Hall–Kier alpha value is -4.76. The number of allylic oxidation sites excluding steroid dienone is 1. The number of ether oxygens (including phenoxy) is 2. The second kappa shape index (κ2) is 10.3. The lowest BCUT2D eigenvalue weighted by Gasteiger charge is -2.24. The topological polar surface area (TPSA) is 90.2 Å². The summed E-state index contributed by atoms with van der Waals surface area (Å²) in [7, 11) is 2.87. The number of esters is 1. The van der Waals surface area contributed by atoms with E-state index in [1.807, 2.05) is 67.6 Å². The van der Waals surface area contributed by atoms with Gasteiger partial charge in [-0.05, 0) is 43.2 Å². The van der Waals surface area contributed by atoms with Crippen LogP contribution in [0.2, 0.25) is 0 Å². The van der Waals surface area contributed by atoms with Crippen LogP contribution in [-0.2, 0) is 20.9 Å². The standard InChI is InChI=1S/C32H27N3O5S/c1-18-9-11-20(12-10-18)17-34-24-8-6-5-7-23(24)26(29(34)36)28-30(37)35-27(21-13-15-22(39-3)16-14-21)25(31(38)40-4)19(2)33-32(35)41-28/h5-16,27H,17H2,1-4H3/b28-26-/t27-/m1/s1. The number of benzene rings is 3. The molecule has 1 aromatic heterocycles. The van der Waals surface area contributed by atoms with E-state index in [1.54, 1.807) is 31.1 Å². The van der Waals surface area contributed by atoms with E-state index in [0.717, 1.165) is 28.2 Å². The summed E-state index contributed by atoms with van der Waals surface area (Å²) in [6.07, 6.45) is 0. The highest BCUT2D eigenvalue weighted by molar-refractivity contribution is 7.07. The molecule has 0 bridgehead atoms. The van der Waals surface area contributed by atoms with Crippen molar-refractivity contribution in [2.24, 2.45) is 4.99 Å². The number of methoxy groups -OCH3 is 2. The van der Waals surface area contributed by atoms with Crippen molar-refractivity contribution in [2.75, 3.05) is 19.1 Å². The van der Waals surface area contributed by atoms with Crippen LogP contribution in [0.3, 0.4) is 0 Å². The molecule has 2 aliphatic rings. The van der Waals surface area contributed by atoms with E-state index in [0.29, 0.717) is 39.5 Å². The smallest absolute Gasteiger partial charge is 0.338 e. The molecule has 3 aromatic carbocycles. The molecule has 1 amide bonds. The number of aryl methyl sites for hydroxylation is 1. The average Bonchev–Trinajstić information content (AvgIpc) is 3.45. The normalized spacial score (nSPS) is 17.2. The van der Waals surface area contributed by atoms with Gasteiger partial charge in [-0.25, -0.2) is 9.79 Å². The lowest BCUT2D eigenvalue weighted by Crippen LogP contribution is -2.40. The summed E-state index contributed by atoms with van der Waals surface area (Å²) >= 11 is 1.16. The fourth-order valence-electron chi connectivity index (χ4n) is 5.38. The van der Waals surface area contributed by atoms with Gasteiger partial charge in [-0.15, -0.1) is 0 Å². The van der Waals surface area contributed by atoms with Gasteiger partial charge in [0, 0.05) is 5.56 Å². The summed E-state index contributed by atoms with van der Waals surface area (Å²) < 4.78 is 12.2. The third-order valence-electron chi connectivity index (χ3n) is 7.45. The molecule has 0 N–H and O–H groups in total. The number of hydrogen-bond donors (Lipinski definition) is 0. The van der Waals surface area contributed by atoms with Crippen molar-refractivity contribution in [1.29, 1.82) is 0 Å². The first-order chi connectivity index (χ1) is 19.8. The molecular weight excluding hydrogens is 538 g/mol. The van der Waals surface area contributed by atoms with E-state index in [1.165, 1.54) is 11.7 Å². The zero-order valence-corrected chi connectivity index (χ0v) is 23.8.